The smallest absolute Gasteiger partial charge is 0.207 e. The largest absolute Gasteiger partial charge is 0.242 e. The van der Waals surface area contributed by atoms with Crippen molar-refractivity contribution in [3.63, 3.8) is 0 Å². The molecule has 0 aromatic heterocycles. The van der Waals surface area contributed by atoms with Crippen LogP contribution in [0.4, 0.5) is 4.39 Å². The number of sulfonamides is 1. The number of benzene rings is 1. The van der Waals surface area contributed by atoms with Crippen LogP contribution in [0.2, 0.25) is 0 Å². The van der Waals surface area contributed by atoms with E-state index >= 15 is 0 Å². The molecule has 1 saturated carbocycles. The Labute approximate surface area is 128 Å². The summed E-state index contributed by atoms with van der Waals surface area (Å²) in [5, 5.41) is 9.21. The molecule has 0 aliphatic heterocycles. The number of nitriles is 1. The molecular formula is C14H17FN2O2S2. The summed E-state index contributed by atoms with van der Waals surface area (Å²) in [6.07, 6.45) is 2.72. The summed E-state index contributed by atoms with van der Waals surface area (Å²) in [5.41, 5.74) is -0.428. The molecular weight excluding hydrogens is 311 g/mol. The molecule has 7 heteroatoms. The van der Waals surface area contributed by atoms with Gasteiger partial charge in [0.15, 0.2) is 0 Å². The molecule has 2 rings (SSSR count). The molecule has 0 heterocycles. The van der Waals surface area contributed by atoms with Gasteiger partial charge in [0, 0.05) is 11.3 Å². The molecule has 1 N–H and O–H groups in total. The van der Waals surface area contributed by atoms with Gasteiger partial charge in [-0.15, -0.1) is 0 Å². The highest BCUT2D eigenvalue weighted by atomic mass is 32.2. The van der Waals surface area contributed by atoms with Gasteiger partial charge in [0.2, 0.25) is 10.0 Å². The third-order valence-corrected chi connectivity index (χ3v) is 6.37. The van der Waals surface area contributed by atoms with E-state index < -0.39 is 21.4 Å². The fourth-order valence-electron chi connectivity index (χ4n) is 2.57. The summed E-state index contributed by atoms with van der Waals surface area (Å²) in [7, 11) is -3.89. The Hall–Kier alpha value is -1.10. The highest BCUT2D eigenvalue weighted by Crippen LogP contribution is 2.31. The van der Waals surface area contributed by atoms with Crippen LogP contribution in [0, 0.1) is 17.1 Å². The monoisotopic (exact) mass is 328 g/mol. The molecule has 114 valence electrons. The van der Waals surface area contributed by atoms with Gasteiger partial charge in [-0.3, -0.25) is 0 Å². The number of nitrogens with one attached hydrogen (secondary N) is 1. The number of hydrogen-bond acceptors (Lipinski definition) is 4. The van der Waals surface area contributed by atoms with Gasteiger partial charge in [-0.05, 0) is 30.7 Å². The first-order chi connectivity index (χ1) is 9.99. The van der Waals surface area contributed by atoms with Crippen molar-refractivity contribution in [2.45, 2.75) is 42.4 Å². The van der Waals surface area contributed by atoms with Crippen LogP contribution in [-0.4, -0.2) is 25.5 Å². The Morgan fingerprint density at radius 2 is 2.24 bits per heavy atom. The van der Waals surface area contributed by atoms with Gasteiger partial charge in [0.1, 0.15) is 22.3 Å². The van der Waals surface area contributed by atoms with E-state index in [1.165, 1.54) is 12.1 Å². The fraction of sp³-hybridized carbons (Fsp3) is 0.500. The standard InChI is InChI=1S/C14H17FN2O2S2/c1-2-20-13-7-4-6-12(13)17-21(18,19)14-8-3-5-11(15)10(14)9-16/h3,5,8,12-13,17H,2,4,6-7H2,1H3. The number of halogens is 1. The van der Waals surface area contributed by atoms with Gasteiger partial charge in [0.05, 0.1) is 0 Å². The average molecular weight is 328 g/mol. The minimum Gasteiger partial charge on any atom is -0.207 e. The molecule has 1 aliphatic rings. The van der Waals surface area contributed by atoms with Crippen molar-refractivity contribution < 1.29 is 12.8 Å². The molecule has 21 heavy (non-hydrogen) atoms. The molecule has 0 saturated heterocycles. The molecule has 0 spiro atoms. The summed E-state index contributed by atoms with van der Waals surface area (Å²) in [4.78, 5) is -0.280. The van der Waals surface area contributed by atoms with Crippen LogP contribution < -0.4 is 4.72 Å². The molecule has 2 atom stereocenters. The summed E-state index contributed by atoms with van der Waals surface area (Å²) < 4.78 is 41.1. The molecule has 4 nitrogen and oxygen atoms in total. The van der Waals surface area contributed by atoms with Crippen molar-refractivity contribution in [2.24, 2.45) is 0 Å². The quantitative estimate of drug-likeness (QED) is 0.902. The van der Waals surface area contributed by atoms with Crippen molar-refractivity contribution in [3.8, 4) is 6.07 Å². The van der Waals surface area contributed by atoms with Gasteiger partial charge in [-0.2, -0.15) is 17.0 Å². The van der Waals surface area contributed by atoms with Crippen LogP contribution in [0.3, 0.4) is 0 Å². The predicted octanol–water partition coefficient (Wildman–Crippen LogP) is 2.65. The number of nitrogens with zero attached hydrogens (tertiary/aromatic N) is 1. The van der Waals surface area contributed by atoms with Crippen molar-refractivity contribution in [3.05, 3.63) is 29.6 Å². The number of thioether (sulfide) groups is 1. The van der Waals surface area contributed by atoms with Crippen molar-refractivity contribution in [1.82, 2.24) is 4.72 Å². The van der Waals surface area contributed by atoms with Crippen molar-refractivity contribution in [1.29, 1.82) is 5.26 Å². The number of hydrogen-bond donors (Lipinski definition) is 1. The Morgan fingerprint density at radius 1 is 1.48 bits per heavy atom. The van der Waals surface area contributed by atoms with E-state index in [4.69, 9.17) is 5.26 Å². The molecule has 1 aromatic rings. The first-order valence-electron chi connectivity index (χ1n) is 6.82. The molecule has 0 bridgehead atoms. The summed E-state index contributed by atoms with van der Waals surface area (Å²) in [6.45, 7) is 2.04. The van der Waals surface area contributed by atoms with Gasteiger partial charge < -0.3 is 0 Å². The lowest BCUT2D eigenvalue weighted by molar-refractivity contribution is 0.552. The highest BCUT2D eigenvalue weighted by Gasteiger charge is 2.32. The molecule has 2 unspecified atom stereocenters. The van der Waals surface area contributed by atoms with E-state index in [-0.39, 0.29) is 16.2 Å². The molecule has 1 aromatic carbocycles. The van der Waals surface area contributed by atoms with E-state index in [1.807, 2.05) is 6.92 Å². The zero-order chi connectivity index (χ0) is 15.5. The fourth-order valence-corrected chi connectivity index (χ4v) is 5.34. The lowest BCUT2D eigenvalue weighted by atomic mass is 10.2. The van der Waals surface area contributed by atoms with E-state index in [9.17, 15) is 12.8 Å². The molecule has 0 radical (unpaired) electrons. The van der Waals surface area contributed by atoms with Crippen molar-refractivity contribution in [2.75, 3.05) is 5.75 Å². The lowest BCUT2D eigenvalue weighted by Crippen LogP contribution is -2.39. The minimum atomic E-state index is -3.89. The first-order valence-corrected chi connectivity index (χ1v) is 9.35. The van der Waals surface area contributed by atoms with Crippen LogP contribution >= 0.6 is 11.8 Å². The topological polar surface area (TPSA) is 70.0 Å². The van der Waals surface area contributed by atoms with E-state index in [0.717, 1.165) is 31.1 Å². The summed E-state index contributed by atoms with van der Waals surface area (Å²) in [6, 6.07) is 5.13. The Morgan fingerprint density at radius 3 is 2.90 bits per heavy atom. The van der Waals surface area contributed by atoms with E-state index in [1.54, 1.807) is 17.8 Å². The molecule has 1 fully saturated rings. The summed E-state index contributed by atoms with van der Waals surface area (Å²) in [5.74, 6) is 0.109. The van der Waals surface area contributed by atoms with Crippen LogP contribution in [0.5, 0.6) is 0 Å². The Kier molecular flexibility index (Phi) is 5.25. The second kappa shape index (κ2) is 6.77. The maximum atomic E-state index is 13.6. The van der Waals surface area contributed by atoms with Crippen LogP contribution in [-0.2, 0) is 10.0 Å². The first kappa shape index (κ1) is 16.3. The second-order valence-corrected chi connectivity index (χ2v) is 8.08. The Bertz CT molecular complexity index is 655. The zero-order valence-corrected chi connectivity index (χ0v) is 13.3. The Balaban J connectivity index is 2.27. The van der Waals surface area contributed by atoms with Gasteiger partial charge in [-0.25, -0.2) is 17.5 Å². The van der Waals surface area contributed by atoms with E-state index in [2.05, 4.69) is 4.72 Å². The van der Waals surface area contributed by atoms with Crippen LogP contribution in [0.15, 0.2) is 23.1 Å². The van der Waals surface area contributed by atoms with Crippen LogP contribution in [0.1, 0.15) is 31.7 Å². The second-order valence-electron chi connectivity index (χ2n) is 4.88. The SMILES string of the molecule is CCSC1CCCC1NS(=O)(=O)c1cccc(F)c1C#N. The van der Waals surface area contributed by atoms with Gasteiger partial charge in [-0.1, -0.05) is 19.4 Å². The van der Waals surface area contributed by atoms with Crippen LogP contribution in [0.25, 0.3) is 0 Å². The molecule has 0 amide bonds. The number of rotatable bonds is 5. The third kappa shape index (κ3) is 3.57. The van der Waals surface area contributed by atoms with Gasteiger partial charge in [0.25, 0.3) is 0 Å². The third-order valence-electron chi connectivity index (χ3n) is 3.52. The van der Waals surface area contributed by atoms with Crippen molar-refractivity contribution >= 4 is 21.8 Å². The normalized spacial score (nSPS) is 22.1. The summed E-state index contributed by atoms with van der Waals surface area (Å²) >= 11 is 1.73. The average Bonchev–Trinajstić information content (AvgIpc) is 2.85. The molecule has 1 aliphatic carbocycles. The highest BCUT2D eigenvalue weighted by molar-refractivity contribution is 8.00. The maximum absolute atomic E-state index is 13.6. The minimum absolute atomic E-state index is 0.158. The lowest BCUT2D eigenvalue weighted by Gasteiger charge is -2.20. The van der Waals surface area contributed by atoms with E-state index in [0.29, 0.717) is 0 Å². The predicted molar refractivity (Wildman–Crippen MR) is 81.0 cm³/mol. The maximum Gasteiger partial charge on any atom is 0.242 e. The zero-order valence-electron chi connectivity index (χ0n) is 11.7. The van der Waals surface area contributed by atoms with Gasteiger partial charge >= 0.3 is 0 Å².